The van der Waals surface area contributed by atoms with Gasteiger partial charge >= 0.3 is 6.09 Å². The molecule has 2 aromatic carbocycles. The monoisotopic (exact) mass is 351 g/mol. The smallest absolute Gasteiger partial charge is 0.410 e. The summed E-state index contributed by atoms with van der Waals surface area (Å²) in [5, 5.41) is 0. The van der Waals surface area contributed by atoms with E-state index in [0.29, 0.717) is 6.54 Å². The average Bonchev–Trinajstić information content (AvgIpc) is 2.60. The van der Waals surface area contributed by atoms with Crippen molar-refractivity contribution in [3.8, 4) is 16.9 Å². The van der Waals surface area contributed by atoms with Gasteiger partial charge in [-0.05, 0) is 73.6 Å². The third-order valence-corrected chi connectivity index (χ3v) is 5.16. The SMILES string of the molecule is COc1cc2c3c(c1)-c1ccccc1CC3N(C(=O)OC(C)(C)C)CC2. The van der Waals surface area contributed by atoms with E-state index in [1.54, 1.807) is 7.11 Å². The molecule has 0 bridgehead atoms. The molecule has 0 saturated carbocycles. The van der Waals surface area contributed by atoms with E-state index in [1.165, 1.54) is 27.8 Å². The normalized spacial score (nSPS) is 18.0. The molecule has 0 N–H and O–H groups in total. The van der Waals surface area contributed by atoms with Crippen molar-refractivity contribution in [3.63, 3.8) is 0 Å². The Morgan fingerprint density at radius 2 is 1.88 bits per heavy atom. The van der Waals surface area contributed by atoms with Gasteiger partial charge in [0.25, 0.3) is 0 Å². The van der Waals surface area contributed by atoms with E-state index < -0.39 is 5.60 Å². The summed E-state index contributed by atoms with van der Waals surface area (Å²) in [6.45, 7) is 6.40. The Balaban J connectivity index is 1.82. The van der Waals surface area contributed by atoms with Crippen LogP contribution in [0.3, 0.4) is 0 Å². The first kappa shape index (κ1) is 17.0. The fourth-order valence-corrected chi connectivity index (χ4v) is 4.10. The number of benzene rings is 2. The van der Waals surface area contributed by atoms with E-state index in [4.69, 9.17) is 9.47 Å². The second-order valence-electron chi connectivity index (χ2n) is 8.05. The molecule has 1 unspecified atom stereocenters. The van der Waals surface area contributed by atoms with Crippen molar-refractivity contribution < 1.29 is 14.3 Å². The molecule has 4 rings (SSSR count). The van der Waals surface area contributed by atoms with Crippen molar-refractivity contribution in [2.24, 2.45) is 0 Å². The van der Waals surface area contributed by atoms with Gasteiger partial charge in [0.1, 0.15) is 11.4 Å². The summed E-state index contributed by atoms with van der Waals surface area (Å²) in [4.78, 5) is 14.7. The lowest BCUT2D eigenvalue weighted by atomic mass is 9.77. The Labute approximate surface area is 154 Å². The van der Waals surface area contributed by atoms with Gasteiger partial charge in [0, 0.05) is 6.54 Å². The zero-order valence-corrected chi connectivity index (χ0v) is 15.8. The van der Waals surface area contributed by atoms with Crippen molar-refractivity contribution >= 4 is 6.09 Å². The number of carbonyl (C=O) groups excluding carboxylic acids is 1. The first-order chi connectivity index (χ1) is 12.4. The molecule has 2 aliphatic rings. The van der Waals surface area contributed by atoms with Crippen LogP contribution < -0.4 is 4.74 Å². The number of fused-ring (bicyclic) bond motifs is 2. The molecule has 1 amide bonds. The van der Waals surface area contributed by atoms with Crippen LogP contribution in [0.25, 0.3) is 11.1 Å². The molecule has 2 aromatic rings. The number of ether oxygens (including phenoxy) is 2. The van der Waals surface area contributed by atoms with E-state index in [9.17, 15) is 4.79 Å². The lowest BCUT2D eigenvalue weighted by Crippen LogP contribution is -2.44. The quantitative estimate of drug-likeness (QED) is 0.744. The van der Waals surface area contributed by atoms with E-state index >= 15 is 0 Å². The third-order valence-electron chi connectivity index (χ3n) is 5.16. The molecule has 1 heterocycles. The third kappa shape index (κ3) is 2.83. The molecule has 0 radical (unpaired) electrons. The highest BCUT2D eigenvalue weighted by molar-refractivity contribution is 5.79. The number of amides is 1. The van der Waals surface area contributed by atoms with Gasteiger partial charge in [-0.3, -0.25) is 0 Å². The predicted molar refractivity (Wildman–Crippen MR) is 102 cm³/mol. The molecule has 0 fully saturated rings. The number of hydrogen-bond donors (Lipinski definition) is 0. The van der Waals surface area contributed by atoms with Crippen molar-refractivity contribution in [2.45, 2.75) is 45.3 Å². The number of methoxy groups -OCH3 is 1. The van der Waals surface area contributed by atoms with Gasteiger partial charge in [-0.25, -0.2) is 4.79 Å². The van der Waals surface area contributed by atoms with Crippen molar-refractivity contribution in [1.29, 1.82) is 0 Å². The minimum absolute atomic E-state index is 0.0180. The highest BCUT2D eigenvalue weighted by Gasteiger charge is 2.38. The standard InChI is InChI=1S/C22H25NO3/c1-22(2,3)26-21(24)23-10-9-15-11-16(25-4)13-18-17-8-6-5-7-14(17)12-19(23)20(15)18/h5-8,11,13,19H,9-10,12H2,1-4H3. The van der Waals surface area contributed by atoms with E-state index in [2.05, 4.69) is 36.4 Å². The molecule has 0 saturated heterocycles. The van der Waals surface area contributed by atoms with Gasteiger partial charge in [-0.2, -0.15) is 0 Å². The predicted octanol–water partition coefficient (Wildman–Crippen LogP) is 4.75. The molecular weight excluding hydrogens is 326 g/mol. The first-order valence-electron chi connectivity index (χ1n) is 9.16. The summed E-state index contributed by atoms with van der Waals surface area (Å²) in [6, 6.07) is 12.7. The van der Waals surface area contributed by atoms with Crippen LogP contribution in [0.4, 0.5) is 4.79 Å². The molecule has 136 valence electrons. The summed E-state index contributed by atoms with van der Waals surface area (Å²) < 4.78 is 11.2. The van der Waals surface area contributed by atoms with Crippen LogP contribution in [0.5, 0.6) is 5.75 Å². The lowest BCUT2D eigenvalue weighted by Gasteiger charge is -2.42. The van der Waals surface area contributed by atoms with Gasteiger partial charge in [0.05, 0.1) is 13.2 Å². The topological polar surface area (TPSA) is 38.8 Å². The van der Waals surface area contributed by atoms with Gasteiger partial charge in [-0.15, -0.1) is 0 Å². The van der Waals surface area contributed by atoms with Crippen LogP contribution in [-0.4, -0.2) is 30.2 Å². The largest absolute Gasteiger partial charge is 0.497 e. The molecule has 1 atom stereocenters. The fraction of sp³-hybridized carbons (Fsp3) is 0.409. The Kier molecular flexibility index (Phi) is 3.94. The van der Waals surface area contributed by atoms with Crippen LogP contribution in [0.1, 0.15) is 43.5 Å². The van der Waals surface area contributed by atoms with Gasteiger partial charge in [-0.1, -0.05) is 24.3 Å². The molecule has 0 aromatic heterocycles. The maximum atomic E-state index is 12.8. The summed E-state index contributed by atoms with van der Waals surface area (Å²) in [5.74, 6) is 0.875. The molecule has 0 spiro atoms. The zero-order valence-electron chi connectivity index (χ0n) is 15.8. The minimum Gasteiger partial charge on any atom is -0.497 e. The van der Waals surface area contributed by atoms with Gasteiger partial charge < -0.3 is 14.4 Å². The highest BCUT2D eigenvalue weighted by Crippen LogP contribution is 2.47. The van der Waals surface area contributed by atoms with E-state index in [0.717, 1.165) is 18.6 Å². The van der Waals surface area contributed by atoms with Gasteiger partial charge in [0.2, 0.25) is 0 Å². The maximum Gasteiger partial charge on any atom is 0.410 e. The van der Waals surface area contributed by atoms with Crippen LogP contribution in [0, 0.1) is 0 Å². The number of nitrogens with zero attached hydrogens (tertiary/aromatic N) is 1. The molecule has 4 nitrogen and oxygen atoms in total. The second kappa shape index (κ2) is 6.04. The van der Waals surface area contributed by atoms with Crippen LogP contribution in [0.2, 0.25) is 0 Å². The number of carbonyl (C=O) groups is 1. The molecule has 1 aliphatic heterocycles. The average molecular weight is 351 g/mol. The molecule has 26 heavy (non-hydrogen) atoms. The van der Waals surface area contributed by atoms with Crippen LogP contribution >= 0.6 is 0 Å². The second-order valence-corrected chi connectivity index (χ2v) is 8.05. The summed E-state index contributed by atoms with van der Waals surface area (Å²) in [7, 11) is 1.70. The Morgan fingerprint density at radius 1 is 1.12 bits per heavy atom. The number of rotatable bonds is 1. The van der Waals surface area contributed by atoms with E-state index in [1.807, 2.05) is 25.7 Å². The van der Waals surface area contributed by atoms with Gasteiger partial charge in [0.15, 0.2) is 0 Å². The lowest BCUT2D eigenvalue weighted by molar-refractivity contribution is 0.0140. The Hall–Kier alpha value is -2.49. The first-order valence-corrected chi connectivity index (χ1v) is 9.16. The highest BCUT2D eigenvalue weighted by atomic mass is 16.6. The molecule has 1 aliphatic carbocycles. The minimum atomic E-state index is -0.493. The molecular formula is C22H25NO3. The van der Waals surface area contributed by atoms with Crippen molar-refractivity contribution in [1.82, 2.24) is 4.90 Å². The Morgan fingerprint density at radius 3 is 2.62 bits per heavy atom. The van der Waals surface area contributed by atoms with Crippen LogP contribution in [0.15, 0.2) is 36.4 Å². The molecule has 4 heteroatoms. The Bertz CT molecular complexity index is 866. The number of hydrogen-bond acceptors (Lipinski definition) is 3. The summed E-state index contributed by atoms with van der Waals surface area (Å²) in [5.41, 5.74) is 5.72. The zero-order chi connectivity index (χ0) is 18.5. The van der Waals surface area contributed by atoms with Crippen molar-refractivity contribution in [3.05, 3.63) is 53.1 Å². The summed E-state index contributed by atoms with van der Waals surface area (Å²) in [6.07, 6.45) is 1.41. The maximum absolute atomic E-state index is 12.8. The summed E-state index contributed by atoms with van der Waals surface area (Å²) >= 11 is 0. The van der Waals surface area contributed by atoms with Crippen molar-refractivity contribution in [2.75, 3.05) is 13.7 Å². The van der Waals surface area contributed by atoms with Crippen LogP contribution in [-0.2, 0) is 17.6 Å². The fourth-order valence-electron chi connectivity index (χ4n) is 4.10. The van der Waals surface area contributed by atoms with E-state index in [-0.39, 0.29) is 12.1 Å².